The van der Waals surface area contributed by atoms with Crippen LogP contribution in [0.2, 0.25) is 0 Å². The first-order valence-corrected chi connectivity index (χ1v) is 5.74. The van der Waals surface area contributed by atoms with E-state index in [4.69, 9.17) is 5.84 Å². The molecule has 7 heteroatoms. The summed E-state index contributed by atoms with van der Waals surface area (Å²) < 4.78 is 2.01. The van der Waals surface area contributed by atoms with Crippen molar-refractivity contribution in [3.05, 3.63) is 12.2 Å². The molecule has 0 aromatic carbocycles. The Hall–Kier alpha value is -1.47. The molecular formula is C10H18N6O. The molecule has 0 bridgehead atoms. The van der Waals surface area contributed by atoms with Gasteiger partial charge in [0.05, 0.1) is 12.6 Å². The predicted octanol–water partition coefficient (Wildman–Crippen LogP) is -0.892. The number of amides is 1. The Kier molecular flexibility index (Phi) is 3.39. The van der Waals surface area contributed by atoms with E-state index in [2.05, 4.69) is 20.5 Å². The van der Waals surface area contributed by atoms with Gasteiger partial charge < -0.3 is 4.57 Å². The average Bonchev–Trinajstić information content (AvgIpc) is 2.75. The van der Waals surface area contributed by atoms with Crippen LogP contribution in [0, 0.1) is 5.92 Å². The SMILES string of the molecule is CC(C)C(C(=O)NN)N1CCn2cnnc2C1. The summed E-state index contributed by atoms with van der Waals surface area (Å²) in [5.41, 5.74) is 2.24. The lowest BCUT2D eigenvalue weighted by molar-refractivity contribution is -0.128. The Labute approximate surface area is 100.0 Å². The molecule has 1 aromatic heterocycles. The maximum Gasteiger partial charge on any atom is 0.251 e. The zero-order chi connectivity index (χ0) is 12.4. The fourth-order valence-electron chi connectivity index (χ4n) is 2.30. The number of nitrogens with two attached hydrogens (primary N) is 1. The Balaban J connectivity index is 2.14. The van der Waals surface area contributed by atoms with Crippen molar-refractivity contribution in [3.8, 4) is 0 Å². The van der Waals surface area contributed by atoms with Gasteiger partial charge in [0.15, 0.2) is 0 Å². The molecule has 0 radical (unpaired) electrons. The maximum absolute atomic E-state index is 11.8. The molecule has 0 saturated carbocycles. The standard InChI is InChI=1S/C10H18N6O/c1-7(2)9(10(17)13-11)15-3-4-16-6-12-14-8(16)5-15/h6-7,9H,3-5,11H2,1-2H3,(H,13,17). The summed E-state index contributed by atoms with van der Waals surface area (Å²) in [5, 5.41) is 7.91. The number of hydrogen-bond donors (Lipinski definition) is 2. The number of carbonyl (C=O) groups excluding carboxylic acids is 1. The van der Waals surface area contributed by atoms with Crippen molar-refractivity contribution < 1.29 is 4.79 Å². The third-order valence-corrected chi connectivity index (χ3v) is 3.10. The van der Waals surface area contributed by atoms with Gasteiger partial charge >= 0.3 is 0 Å². The molecule has 1 aliphatic heterocycles. The number of rotatable bonds is 3. The van der Waals surface area contributed by atoms with Crippen molar-refractivity contribution >= 4 is 5.91 Å². The molecule has 1 unspecified atom stereocenters. The normalized spacial score (nSPS) is 17.9. The van der Waals surface area contributed by atoms with E-state index in [0.717, 1.165) is 18.9 Å². The Morgan fingerprint density at radius 2 is 2.29 bits per heavy atom. The van der Waals surface area contributed by atoms with Crippen molar-refractivity contribution in [2.45, 2.75) is 33.0 Å². The minimum absolute atomic E-state index is 0.145. The molecule has 1 amide bonds. The number of nitrogens with zero attached hydrogens (tertiary/aromatic N) is 4. The number of fused-ring (bicyclic) bond motifs is 1. The predicted molar refractivity (Wildman–Crippen MR) is 61.4 cm³/mol. The molecule has 1 aliphatic rings. The molecule has 3 N–H and O–H groups in total. The molecule has 17 heavy (non-hydrogen) atoms. The highest BCUT2D eigenvalue weighted by Crippen LogP contribution is 2.17. The van der Waals surface area contributed by atoms with E-state index in [9.17, 15) is 4.79 Å². The number of aromatic nitrogens is 3. The van der Waals surface area contributed by atoms with Gasteiger partial charge in [0.1, 0.15) is 12.2 Å². The van der Waals surface area contributed by atoms with Gasteiger partial charge in [0.2, 0.25) is 0 Å². The van der Waals surface area contributed by atoms with Crippen LogP contribution in [0.3, 0.4) is 0 Å². The first kappa shape index (κ1) is 12.0. The molecule has 0 aliphatic carbocycles. The monoisotopic (exact) mass is 238 g/mol. The molecule has 1 atom stereocenters. The largest absolute Gasteiger partial charge is 0.315 e. The molecule has 2 heterocycles. The molecule has 7 nitrogen and oxygen atoms in total. The molecule has 0 spiro atoms. The van der Waals surface area contributed by atoms with Crippen LogP contribution in [0.25, 0.3) is 0 Å². The minimum atomic E-state index is -0.217. The van der Waals surface area contributed by atoms with Gasteiger partial charge in [-0.15, -0.1) is 10.2 Å². The van der Waals surface area contributed by atoms with Crippen molar-refractivity contribution in [1.82, 2.24) is 25.1 Å². The van der Waals surface area contributed by atoms with Crippen LogP contribution in [-0.2, 0) is 17.9 Å². The summed E-state index contributed by atoms with van der Waals surface area (Å²) in [7, 11) is 0. The second-order valence-corrected chi connectivity index (χ2v) is 4.61. The molecular weight excluding hydrogens is 220 g/mol. The van der Waals surface area contributed by atoms with Gasteiger partial charge in [-0.2, -0.15) is 0 Å². The van der Waals surface area contributed by atoms with E-state index in [0.29, 0.717) is 6.54 Å². The smallest absolute Gasteiger partial charge is 0.251 e. The number of carbonyl (C=O) groups is 1. The summed E-state index contributed by atoms with van der Waals surface area (Å²) in [5.74, 6) is 6.18. The fraction of sp³-hybridized carbons (Fsp3) is 0.700. The third-order valence-electron chi connectivity index (χ3n) is 3.10. The zero-order valence-corrected chi connectivity index (χ0v) is 10.1. The summed E-state index contributed by atoms with van der Waals surface area (Å²) in [6.45, 7) is 6.28. The van der Waals surface area contributed by atoms with E-state index in [1.807, 2.05) is 18.4 Å². The Bertz CT molecular complexity index is 401. The van der Waals surface area contributed by atoms with Gasteiger partial charge in [0, 0.05) is 13.1 Å². The highest BCUT2D eigenvalue weighted by Gasteiger charge is 2.31. The topological polar surface area (TPSA) is 89.1 Å². The van der Waals surface area contributed by atoms with Crippen LogP contribution in [0.5, 0.6) is 0 Å². The fourth-order valence-corrected chi connectivity index (χ4v) is 2.30. The number of hydrazine groups is 1. The Morgan fingerprint density at radius 1 is 1.53 bits per heavy atom. The first-order valence-electron chi connectivity index (χ1n) is 5.74. The van der Waals surface area contributed by atoms with Gasteiger partial charge in [-0.3, -0.25) is 15.1 Å². The second kappa shape index (κ2) is 4.80. The number of nitrogens with one attached hydrogen (secondary N) is 1. The highest BCUT2D eigenvalue weighted by atomic mass is 16.2. The third kappa shape index (κ3) is 2.29. The van der Waals surface area contributed by atoms with E-state index in [-0.39, 0.29) is 17.9 Å². The summed E-state index contributed by atoms with van der Waals surface area (Å²) >= 11 is 0. The molecule has 0 fully saturated rings. The lowest BCUT2D eigenvalue weighted by Gasteiger charge is -2.35. The summed E-state index contributed by atoms with van der Waals surface area (Å²) in [4.78, 5) is 13.9. The maximum atomic E-state index is 11.8. The van der Waals surface area contributed by atoms with Gasteiger partial charge in [-0.25, -0.2) is 5.84 Å². The molecule has 0 saturated heterocycles. The van der Waals surface area contributed by atoms with E-state index < -0.39 is 0 Å². The quantitative estimate of drug-likeness (QED) is 0.405. The van der Waals surface area contributed by atoms with E-state index in [1.165, 1.54) is 0 Å². The van der Waals surface area contributed by atoms with Gasteiger partial charge in [0.25, 0.3) is 5.91 Å². The first-order chi connectivity index (χ1) is 8.13. The van der Waals surface area contributed by atoms with Crippen LogP contribution in [0.1, 0.15) is 19.7 Å². The van der Waals surface area contributed by atoms with E-state index >= 15 is 0 Å². The molecule has 2 rings (SSSR count). The van der Waals surface area contributed by atoms with E-state index in [1.54, 1.807) is 6.33 Å². The van der Waals surface area contributed by atoms with Crippen molar-refractivity contribution in [2.24, 2.45) is 11.8 Å². The van der Waals surface area contributed by atoms with Crippen LogP contribution < -0.4 is 11.3 Å². The summed E-state index contributed by atoms with van der Waals surface area (Å²) in [6, 6.07) is -0.217. The van der Waals surface area contributed by atoms with Gasteiger partial charge in [-0.1, -0.05) is 13.8 Å². The zero-order valence-electron chi connectivity index (χ0n) is 10.1. The van der Waals surface area contributed by atoms with Crippen LogP contribution in [0.15, 0.2) is 6.33 Å². The highest BCUT2D eigenvalue weighted by molar-refractivity contribution is 5.81. The summed E-state index contributed by atoms with van der Waals surface area (Å²) in [6.07, 6.45) is 1.72. The second-order valence-electron chi connectivity index (χ2n) is 4.61. The number of hydrogen-bond acceptors (Lipinski definition) is 5. The van der Waals surface area contributed by atoms with Crippen LogP contribution in [-0.4, -0.2) is 38.2 Å². The van der Waals surface area contributed by atoms with Crippen molar-refractivity contribution in [2.75, 3.05) is 6.54 Å². The molecule has 1 aromatic rings. The van der Waals surface area contributed by atoms with Crippen molar-refractivity contribution in [1.29, 1.82) is 0 Å². The molecule has 94 valence electrons. The Morgan fingerprint density at radius 3 is 2.94 bits per heavy atom. The van der Waals surface area contributed by atoms with Crippen LogP contribution >= 0.6 is 0 Å². The van der Waals surface area contributed by atoms with Gasteiger partial charge in [-0.05, 0) is 5.92 Å². The average molecular weight is 238 g/mol. The van der Waals surface area contributed by atoms with Crippen molar-refractivity contribution in [3.63, 3.8) is 0 Å². The minimum Gasteiger partial charge on any atom is -0.315 e. The lowest BCUT2D eigenvalue weighted by atomic mass is 10.0. The lowest BCUT2D eigenvalue weighted by Crippen LogP contribution is -2.53. The van der Waals surface area contributed by atoms with Crippen LogP contribution in [0.4, 0.5) is 0 Å².